The fourth-order valence-electron chi connectivity index (χ4n) is 2.08. The number of fused-ring (bicyclic) bond motifs is 1. The highest BCUT2D eigenvalue weighted by molar-refractivity contribution is 5.95. The van der Waals surface area contributed by atoms with Crippen molar-refractivity contribution in [2.75, 3.05) is 0 Å². The maximum Gasteiger partial charge on any atom is 0.133 e. The van der Waals surface area contributed by atoms with Crippen molar-refractivity contribution < 1.29 is 5.11 Å². The largest absolute Gasteiger partial charge is 0.506 e. The zero-order chi connectivity index (χ0) is 12.5. The van der Waals surface area contributed by atoms with Gasteiger partial charge in [-0.25, -0.2) is 0 Å². The second kappa shape index (κ2) is 4.11. The predicted octanol–water partition coefficient (Wildman–Crippen LogP) is 3.31. The van der Waals surface area contributed by atoms with Crippen LogP contribution < -0.4 is 0 Å². The molecule has 0 aliphatic rings. The molecule has 0 atom stereocenters. The van der Waals surface area contributed by atoms with Crippen molar-refractivity contribution in [1.82, 2.24) is 9.97 Å². The third-order valence-corrected chi connectivity index (χ3v) is 3.00. The molecule has 0 aliphatic heterocycles. The van der Waals surface area contributed by atoms with Crippen LogP contribution in [0.15, 0.2) is 48.8 Å². The lowest BCUT2D eigenvalue weighted by molar-refractivity contribution is 0.473. The van der Waals surface area contributed by atoms with E-state index in [4.69, 9.17) is 0 Å². The first-order valence-corrected chi connectivity index (χ1v) is 5.75. The Hall–Kier alpha value is -2.42. The Morgan fingerprint density at radius 1 is 1.00 bits per heavy atom. The van der Waals surface area contributed by atoms with Crippen molar-refractivity contribution >= 4 is 10.9 Å². The molecule has 2 aromatic heterocycles. The van der Waals surface area contributed by atoms with Gasteiger partial charge >= 0.3 is 0 Å². The summed E-state index contributed by atoms with van der Waals surface area (Å²) in [6.07, 6.45) is 3.25. The zero-order valence-corrected chi connectivity index (χ0v) is 9.96. The van der Waals surface area contributed by atoms with Gasteiger partial charge in [0.15, 0.2) is 0 Å². The van der Waals surface area contributed by atoms with Gasteiger partial charge < -0.3 is 5.11 Å². The van der Waals surface area contributed by atoms with Crippen LogP contribution in [0.4, 0.5) is 0 Å². The molecule has 0 saturated carbocycles. The number of aryl methyl sites for hydroxylation is 1. The summed E-state index contributed by atoms with van der Waals surface area (Å²) < 4.78 is 0. The standard InChI is InChI=1S/C15H12N2O/c1-10-4-6-12(13-3-2-8-16-15(10)13)14-7-5-11(18)9-17-14/h2-9,18H,1H3. The lowest BCUT2D eigenvalue weighted by Crippen LogP contribution is -1.88. The number of aromatic hydroxyl groups is 1. The van der Waals surface area contributed by atoms with E-state index in [0.29, 0.717) is 0 Å². The number of benzene rings is 1. The Bertz CT molecular complexity index is 705. The van der Waals surface area contributed by atoms with Gasteiger partial charge in [-0.3, -0.25) is 9.97 Å². The lowest BCUT2D eigenvalue weighted by Gasteiger charge is -2.07. The SMILES string of the molecule is Cc1ccc(-c2ccc(O)cn2)c2cccnc12. The normalized spacial score (nSPS) is 10.7. The highest BCUT2D eigenvalue weighted by atomic mass is 16.3. The molecule has 2 heterocycles. The molecule has 1 N–H and O–H groups in total. The topological polar surface area (TPSA) is 46.0 Å². The van der Waals surface area contributed by atoms with E-state index in [1.807, 2.05) is 37.3 Å². The summed E-state index contributed by atoms with van der Waals surface area (Å²) in [4.78, 5) is 8.66. The van der Waals surface area contributed by atoms with Gasteiger partial charge in [0, 0.05) is 17.1 Å². The molecule has 88 valence electrons. The predicted molar refractivity (Wildman–Crippen MR) is 71.4 cm³/mol. The lowest BCUT2D eigenvalue weighted by atomic mass is 10.0. The minimum Gasteiger partial charge on any atom is -0.506 e. The van der Waals surface area contributed by atoms with Crippen molar-refractivity contribution in [3.8, 4) is 17.0 Å². The van der Waals surface area contributed by atoms with Crippen LogP contribution in [0.2, 0.25) is 0 Å². The Balaban J connectivity index is 2.30. The van der Waals surface area contributed by atoms with Gasteiger partial charge in [0.25, 0.3) is 0 Å². The second-order valence-electron chi connectivity index (χ2n) is 4.23. The van der Waals surface area contributed by atoms with Gasteiger partial charge in [0.1, 0.15) is 5.75 Å². The third-order valence-electron chi connectivity index (χ3n) is 3.00. The molecule has 3 aromatic rings. The van der Waals surface area contributed by atoms with Crippen molar-refractivity contribution in [2.45, 2.75) is 6.92 Å². The van der Waals surface area contributed by atoms with Crippen LogP contribution in [0.3, 0.4) is 0 Å². The monoisotopic (exact) mass is 236 g/mol. The van der Waals surface area contributed by atoms with Crippen molar-refractivity contribution in [1.29, 1.82) is 0 Å². The Morgan fingerprint density at radius 2 is 1.89 bits per heavy atom. The van der Waals surface area contributed by atoms with Gasteiger partial charge in [0.05, 0.1) is 17.4 Å². The molecular weight excluding hydrogens is 224 g/mol. The molecule has 0 spiro atoms. The van der Waals surface area contributed by atoms with Crippen LogP contribution in [0.5, 0.6) is 5.75 Å². The molecule has 1 aromatic carbocycles. The Labute approximate surface area is 105 Å². The minimum absolute atomic E-state index is 0.174. The van der Waals surface area contributed by atoms with E-state index in [0.717, 1.165) is 27.7 Å². The van der Waals surface area contributed by atoms with Gasteiger partial charge in [-0.1, -0.05) is 18.2 Å². The van der Waals surface area contributed by atoms with E-state index in [1.165, 1.54) is 6.20 Å². The summed E-state index contributed by atoms with van der Waals surface area (Å²) in [5.41, 5.74) is 4.01. The first kappa shape index (κ1) is 10.7. The quantitative estimate of drug-likeness (QED) is 0.705. The maximum atomic E-state index is 9.29. The van der Waals surface area contributed by atoms with E-state index < -0.39 is 0 Å². The average Bonchev–Trinajstić information content (AvgIpc) is 2.41. The van der Waals surface area contributed by atoms with E-state index in [2.05, 4.69) is 9.97 Å². The molecule has 0 unspecified atom stereocenters. The number of hydrogen-bond acceptors (Lipinski definition) is 3. The van der Waals surface area contributed by atoms with Crippen molar-refractivity contribution in [3.63, 3.8) is 0 Å². The van der Waals surface area contributed by atoms with Gasteiger partial charge in [-0.05, 0) is 30.7 Å². The maximum absolute atomic E-state index is 9.29. The molecule has 0 radical (unpaired) electrons. The van der Waals surface area contributed by atoms with Crippen LogP contribution in [-0.2, 0) is 0 Å². The Kier molecular flexibility index (Phi) is 2.45. The first-order chi connectivity index (χ1) is 8.75. The second-order valence-corrected chi connectivity index (χ2v) is 4.23. The van der Waals surface area contributed by atoms with Gasteiger partial charge in [-0.2, -0.15) is 0 Å². The Morgan fingerprint density at radius 3 is 2.67 bits per heavy atom. The molecule has 0 fully saturated rings. The zero-order valence-electron chi connectivity index (χ0n) is 9.96. The number of hydrogen-bond donors (Lipinski definition) is 1. The molecule has 0 bridgehead atoms. The molecule has 3 heteroatoms. The molecule has 3 nitrogen and oxygen atoms in total. The van der Waals surface area contributed by atoms with E-state index >= 15 is 0 Å². The third kappa shape index (κ3) is 1.70. The molecule has 0 saturated heterocycles. The summed E-state index contributed by atoms with van der Waals surface area (Å²) in [7, 11) is 0. The number of pyridine rings is 2. The van der Waals surface area contributed by atoms with E-state index in [9.17, 15) is 5.11 Å². The minimum atomic E-state index is 0.174. The smallest absolute Gasteiger partial charge is 0.133 e. The molecule has 3 rings (SSSR count). The van der Waals surface area contributed by atoms with Crippen LogP contribution in [-0.4, -0.2) is 15.1 Å². The fourth-order valence-corrected chi connectivity index (χ4v) is 2.08. The van der Waals surface area contributed by atoms with Crippen LogP contribution in [0.1, 0.15) is 5.56 Å². The van der Waals surface area contributed by atoms with E-state index in [-0.39, 0.29) is 5.75 Å². The number of nitrogens with zero attached hydrogens (tertiary/aromatic N) is 2. The summed E-state index contributed by atoms with van der Waals surface area (Å²) in [6, 6.07) is 11.5. The van der Waals surface area contributed by atoms with Crippen molar-refractivity contribution in [2.24, 2.45) is 0 Å². The number of rotatable bonds is 1. The first-order valence-electron chi connectivity index (χ1n) is 5.75. The highest BCUT2D eigenvalue weighted by Gasteiger charge is 2.07. The average molecular weight is 236 g/mol. The molecule has 0 aliphatic carbocycles. The van der Waals surface area contributed by atoms with Crippen LogP contribution in [0.25, 0.3) is 22.2 Å². The van der Waals surface area contributed by atoms with Crippen LogP contribution in [0, 0.1) is 6.92 Å². The molecule has 18 heavy (non-hydrogen) atoms. The summed E-state index contributed by atoms with van der Waals surface area (Å²) in [5.74, 6) is 0.174. The van der Waals surface area contributed by atoms with Crippen LogP contribution >= 0.6 is 0 Å². The van der Waals surface area contributed by atoms with Crippen molar-refractivity contribution in [3.05, 3.63) is 54.4 Å². The molecular formula is C15H12N2O. The number of aromatic nitrogens is 2. The summed E-state index contributed by atoms with van der Waals surface area (Å²) in [5, 5.41) is 10.4. The fraction of sp³-hybridized carbons (Fsp3) is 0.0667. The summed E-state index contributed by atoms with van der Waals surface area (Å²) in [6.45, 7) is 2.05. The van der Waals surface area contributed by atoms with Gasteiger partial charge in [-0.15, -0.1) is 0 Å². The molecule has 0 amide bonds. The van der Waals surface area contributed by atoms with Gasteiger partial charge in [0.2, 0.25) is 0 Å². The van der Waals surface area contributed by atoms with E-state index in [1.54, 1.807) is 12.3 Å². The highest BCUT2D eigenvalue weighted by Crippen LogP contribution is 2.28. The summed E-state index contributed by atoms with van der Waals surface area (Å²) >= 11 is 0.